The Morgan fingerprint density at radius 1 is 1.05 bits per heavy atom. The Morgan fingerprint density at radius 2 is 1.82 bits per heavy atom. The molecule has 0 aromatic heterocycles. The number of amides is 2. The van der Waals surface area contributed by atoms with Gasteiger partial charge in [0.1, 0.15) is 6.61 Å². The van der Waals surface area contributed by atoms with E-state index in [0.717, 1.165) is 52.8 Å². The number of cyclic esters (lactones) is 1. The van der Waals surface area contributed by atoms with Gasteiger partial charge < -0.3 is 10.1 Å². The predicted molar refractivity (Wildman–Crippen MR) is 143 cm³/mol. The summed E-state index contributed by atoms with van der Waals surface area (Å²) in [6, 6.07) is 19.4. The minimum atomic E-state index is -3.77. The lowest BCUT2D eigenvalue weighted by atomic mass is 9.72. The zero-order valence-electron chi connectivity index (χ0n) is 20.6. The Kier molecular flexibility index (Phi) is 5.85. The number of urea groups is 1. The van der Waals surface area contributed by atoms with Gasteiger partial charge in [-0.3, -0.25) is 4.90 Å². The Bertz CT molecular complexity index is 1600. The molecule has 6 rings (SSSR count). The normalized spacial score (nSPS) is 20.1. The van der Waals surface area contributed by atoms with E-state index in [1.54, 1.807) is 23.1 Å². The van der Waals surface area contributed by atoms with Crippen LogP contribution in [-0.2, 0) is 26.7 Å². The van der Waals surface area contributed by atoms with Gasteiger partial charge >= 0.3 is 12.0 Å². The van der Waals surface area contributed by atoms with Crippen molar-refractivity contribution >= 4 is 27.7 Å². The average Bonchev–Trinajstić information content (AvgIpc) is 3.22. The lowest BCUT2D eigenvalue weighted by molar-refractivity contribution is 0.0536. The van der Waals surface area contributed by atoms with E-state index in [1.165, 1.54) is 12.1 Å². The Hall–Kier alpha value is -3.95. The summed E-state index contributed by atoms with van der Waals surface area (Å²) in [4.78, 5) is 28.2. The van der Waals surface area contributed by atoms with Crippen molar-refractivity contribution in [3.05, 3.63) is 95.1 Å². The summed E-state index contributed by atoms with van der Waals surface area (Å²) in [6.07, 6.45) is 4.89. The molecule has 1 unspecified atom stereocenters. The van der Waals surface area contributed by atoms with E-state index in [-0.39, 0.29) is 35.5 Å². The number of rotatable bonds is 3. The maximum atomic E-state index is 13.5. The number of ether oxygens (including phenoxy) is 1. The lowest BCUT2D eigenvalue weighted by Gasteiger charge is -2.32. The monoisotopic (exact) mass is 529 g/mol. The molecule has 0 radical (unpaired) electrons. The molecule has 3 N–H and O–H groups in total. The minimum Gasteiger partial charge on any atom is -0.458 e. The van der Waals surface area contributed by atoms with Gasteiger partial charge in [-0.05, 0) is 77.4 Å². The van der Waals surface area contributed by atoms with E-state index in [0.29, 0.717) is 12.1 Å². The Morgan fingerprint density at radius 3 is 2.58 bits per heavy atom. The number of hydrogen-bond acceptors (Lipinski definition) is 5. The van der Waals surface area contributed by atoms with Crippen molar-refractivity contribution in [2.45, 2.75) is 36.1 Å². The molecule has 3 aliphatic rings. The number of carbonyl (C=O) groups is 2. The number of nitrogens with one attached hydrogen (secondary N) is 1. The first-order valence-electron chi connectivity index (χ1n) is 12.5. The van der Waals surface area contributed by atoms with E-state index in [4.69, 9.17) is 9.88 Å². The van der Waals surface area contributed by atoms with Crippen LogP contribution in [0.3, 0.4) is 0 Å². The molecule has 2 aliphatic heterocycles. The van der Waals surface area contributed by atoms with Crippen LogP contribution in [0.1, 0.15) is 40.7 Å². The summed E-state index contributed by atoms with van der Waals surface area (Å²) in [5, 5.41) is 8.15. The maximum absolute atomic E-state index is 13.5. The van der Waals surface area contributed by atoms with Gasteiger partial charge in [0.2, 0.25) is 10.0 Å². The standard InChI is InChI=1S/C29H27N3O5S/c30-38(35,36)22-10-7-19(8-11-22)16-31-28(34)32-18-29-13-3-4-20(15-29)17-37-27(33)24-6-2-1-5-23(24)21-9-12-26(32)25(29)14-21/h1-2,5-12,14-15H,3-4,13,16-18H2,(H,31,34)(H2,30,35,36). The van der Waals surface area contributed by atoms with Crippen LogP contribution in [0, 0.1) is 0 Å². The molecule has 0 saturated carbocycles. The first-order valence-corrected chi connectivity index (χ1v) is 14.1. The summed E-state index contributed by atoms with van der Waals surface area (Å²) in [6.45, 7) is 0.965. The second kappa shape index (κ2) is 9.11. The quantitative estimate of drug-likeness (QED) is 0.388. The van der Waals surface area contributed by atoms with Crippen molar-refractivity contribution in [2.24, 2.45) is 5.14 Å². The van der Waals surface area contributed by atoms with Crippen LogP contribution in [0.4, 0.5) is 10.5 Å². The van der Waals surface area contributed by atoms with Gasteiger partial charge in [-0.2, -0.15) is 0 Å². The fourth-order valence-corrected chi connectivity index (χ4v) is 6.32. The van der Waals surface area contributed by atoms with Crippen molar-refractivity contribution < 1.29 is 22.7 Å². The summed E-state index contributed by atoms with van der Waals surface area (Å²) in [7, 11) is -3.77. The molecule has 2 amide bonds. The molecular formula is C29H27N3O5S. The molecule has 38 heavy (non-hydrogen) atoms. The van der Waals surface area contributed by atoms with E-state index in [9.17, 15) is 18.0 Å². The molecule has 9 heteroatoms. The highest BCUT2D eigenvalue weighted by molar-refractivity contribution is 7.89. The van der Waals surface area contributed by atoms with Crippen LogP contribution < -0.4 is 15.4 Å². The number of sulfonamides is 1. The van der Waals surface area contributed by atoms with Crippen molar-refractivity contribution in [3.63, 3.8) is 0 Å². The van der Waals surface area contributed by atoms with Gasteiger partial charge in [0.15, 0.2) is 0 Å². The number of fused-ring (bicyclic) bond motifs is 3. The highest BCUT2D eigenvalue weighted by atomic mass is 32.2. The van der Waals surface area contributed by atoms with E-state index in [2.05, 4.69) is 17.5 Å². The number of hydrogen-bond donors (Lipinski definition) is 2. The molecule has 8 nitrogen and oxygen atoms in total. The van der Waals surface area contributed by atoms with Crippen LogP contribution in [0.5, 0.6) is 0 Å². The summed E-state index contributed by atoms with van der Waals surface area (Å²) >= 11 is 0. The number of carbonyl (C=O) groups excluding carboxylic acids is 2. The zero-order chi connectivity index (χ0) is 26.5. The van der Waals surface area contributed by atoms with Gasteiger partial charge in [0.05, 0.1) is 10.5 Å². The third kappa shape index (κ3) is 4.27. The topological polar surface area (TPSA) is 119 Å². The van der Waals surface area contributed by atoms with Crippen LogP contribution in [-0.4, -0.2) is 33.6 Å². The number of esters is 1. The molecule has 194 valence electrons. The predicted octanol–water partition coefficient (Wildman–Crippen LogP) is 4.25. The number of nitrogens with two attached hydrogens (primary N) is 1. The van der Waals surface area contributed by atoms with Gasteiger partial charge in [-0.25, -0.2) is 23.1 Å². The average molecular weight is 530 g/mol. The second-order valence-corrected chi connectivity index (χ2v) is 11.7. The minimum absolute atomic E-state index is 0.0269. The SMILES string of the molecule is NS(=O)(=O)c1ccc(CNC(=O)N2CC34C=C(CCC3)COC(=O)c3ccccc3-c3ccc2c4c3)cc1. The number of benzene rings is 3. The van der Waals surface area contributed by atoms with Gasteiger partial charge in [-0.15, -0.1) is 0 Å². The van der Waals surface area contributed by atoms with Crippen molar-refractivity contribution in [3.8, 4) is 11.1 Å². The molecule has 1 atom stereocenters. The Balaban J connectivity index is 1.34. The molecular weight excluding hydrogens is 502 g/mol. The van der Waals surface area contributed by atoms with E-state index >= 15 is 0 Å². The van der Waals surface area contributed by atoms with Crippen LogP contribution in [0.2, 0.25) is 0 Å². The van der Waals surface area contributed by atoms with Crippen molar-refractivity contribution in [1.29, 1.82) is 0 Å². The van der Waals surface area contributed by atoms with Gasteiger partial charge in [0, 0.05) is 24.2 Å². The molecule has 3 aromatic rings. The first kappa shape index (κ1) is 24.4. The first-order chi connectivity index (χ1) is 18.2. The zero-order valence-corrected chi connectivity index (χ0v) is 21.5. The van der Waals surface area contributed by atoms with Crippen LogP contribution >= 0.6 is 0 Å². The van der Waals surface area contributed by atoms with E-state index in [1.807, 2.05) is 30.3 Å². The fourth-order valence-electron chi connectivity index (χ4n) is 5.81. The number of primary sulfonamides is 1. The van der Waals surface area contributed by atoms with Gasteiger partial charge in [-0.1, -0.05) is 42.5 Å². The van der Waals surface area contributed by atoms with Crippen LogP contribution in [0.15, 0.2) is 83.3 Å². The second-order valence-electron chi connectivity index (χ2n) is 10.1. The Labute approximate surface area is 221 Å². The molecule has 1 aliphatic carbocycles. The summed E-state index contributed by atoms with van der Waals surface area (Å²) in [5.41, 5.74) is 5.63. The summed E-state index contributed by atoms with van der Waals surface area (Å²) in [5.74, 6) is -0.333. The molecule has 1 spiro atoms. The van der Waals surface area contributed by atoms with E-state index < -0.39 is 10.0 Å². The fraction of sp³-hybridized carbons (Fsp3) is 0.241. The van der Waals surface area contributed by atoms with Crippen molar-refractivity contribution in [1.82, 2.24) is 5.32 Å². The van der Waals surface area contributed by atoms with Crippen molar-refractivity contribution in [2.75, 3.05) is 18.1 Å². The number of anilines is 1. The van der Waals surface area contributed by atoms with Gasteiger partial charge in [0.25, 0.3) is 0 Å². The molecule has 3 aromatic carbocycles. The molecule has 4 bridgehead atoms. The maximum Gasteiger partial charge on any atom is 0.339 e. The number of nitrogens with zero attached hydrogens (tertiary/aromatic N) is 1. The summed E-state index contributed by atoms with van der Waals surface area (Å²) < 4.78 is 28.8. The third-order valence-electron chi connectivity index (χ3n) is 7.65. The van der Waals surface area contributed by atoms with Crippen LogP contribution in [0.25, 0.3) is 11.1 Å². The largest absolute Gasteiger partial charge is 0.458 e. The molecule has 0 fully saturated rings. The third-order valence-corrected chi connectivity index (χ3v) is 8.58. The highest BCUT2D eigenvalue weighted by Gasteiger charge is 2.45. The molecule has 2 heterocycles. The lowest BCUT2D eigenvalue weighted by Crippen LogP contribution is -2.42. The highest BCUT2D eigenvalue weighted by Crippen LogP contribution is 2.49. The smallest absolute Gasteiger partial charge is 0.339 e. The molecule has 0 saturated heterocycles.